The number of amides is 1. The van der Waals surface area contributed by atoms with Gasteiger partial charge >= 0.3 is 0 Å². The van der Waals surface area contributed by atoms with E-state index in [1.54, 1.807) is 6.92 Å². The lowest BCUT2D eigenvalue weighted by atomic mass is 10.2. The first-order valence-corrected chi connectivity index (χ1v) is 3.84. The number of nitrogens with two attached hydrogens (primary N) is 2. The van der Waals surface area contributed by atoms with E-state index in [0.717, 1.165) is 6.42 Å². The molecule has 5 N–H and O–H groups in total. The van der Waals surface area contributed by atoms with E-state index < -0.39 is 6.04 Å². The van der Waals surface area contributed by atoms with Crippen LogP contribution in [0.2, 0.25) is 0 Å². The summed E-state index contributed by atoms with van der Waals surface area (Å²) in [5, 5.41) is 2.74. The molecular formula is C7H18ClN3O. The first kappa shape index (κ1) is 14.2. The molecule has 0 saturated carbocycles. The SMILES string of the molecule is CC(CCN)NC(=O)[C@@H](C)N.Cl. The molecule has 1 unspecified atom stereocenters. The summed E-state index contributed by atoms with van der Waals surface area (Å²) in [6.07, 6.45) is 0.790. The fraction of sp³-hybridized carbons (Fsp3) is 0.857. The molecule has 0 spiro atoms. The molecule has 5 heteroatoms. The van der Waals surface area contributed by atoms with E-state index in [1.165, 1.54) is 0 Å². The molecule has 0 fully saturated rings. The van der Waals surface area contributed by atoms with Crippen LogP contribution < -0.4 is 16.8 Å². The van der Waals surface area contributed by atoms with E-state index in [9.17, 15) is 4.79 Å². The van der Waals surface area contributed by atoms with Crippen LogP contribution >= 0.6 is 12.4 Å². The fourth-order valence-corrected chi connectivity index (χ4v) is 0.696. The smallest absolute Gasteiger partial charge is 0.236 e. The Kier molecular flexibility index (Phi) is 8.69. The molecule has 0 aliphatic heterocycles. The van der Waals surface area contributed by atoms with Crippen molar-refractivity contribution in [1.82, 2.24) is 5.32 Å². The average molecular weight is 196 g/mol. The van der Waals surface area contributed by atoms with Crippen LogP contribution in [0.3, 0.4) is 0 Å². The lowest BCUT2D eigenvalue weighted by Gasteiger charge is -2.13. The van der Waals surface area contributed by atoms with Gasteiger partial charge in [-0.05, 0) is 26.8 Å². The molecule has 0 aliphatic carbocycles. The maximum atomic E-state index is 11.0. The van der Waals surface area contributed by atoms with Crippen LogP contribution in [0, 0.1) is 0 Å². The second-order valence-electron chi connectivity index (χ2n) is 2.78. The Morgan fingerprint density at radius 2 is 2.00 bits per heavy atom. The van der Waals surface area contributed by atoms with E-state index in [2.05, 4.69) is 5.32 Å². The first-order chi connectivity index (χ1) is 5.07. The molecular weight excluding hydrogens is 178 g/mol. The van der Waals surface area contributed by atoms with Gasteiger partial charge in [0, 0.05) is 6.04 Å². The number of nitrogens with one attached hydrogen (secondary N) is 1. The Bertz CT molecular complexity index is 130. The summed E-state index contributed by atoms with van der Waals surface area (Å²) in [4.78, 5) is 11.0. The molecule has 1 amide bonds. The Morgan fingerprint density at radius 1 is 1.50 bits per heavy atom. The molecule has 12 heavy (non-hydrogen) atoms. The molecule has 74 valence electrons. The number of rotatable bonds is 4. The van der Waals surface area contributed by atoms with Crippen molar-refractivity contribution < 1.29 is 4.79 Å². The van der Waals surface area contributed by atoms with Crippen LogP contribution in [-0.4, -0.2) is 24.5 Å². The summed E-state index contributed by atoms with van der Waals surface area (Å²) < 4.78 is 0. The van der Waals surface area contributed by atoms with Gasteiger partial charge in [-0.1, -0.05) is 0 Å². The molecule has 0 aliphatic rings. The molecule has 0 aromatic rings. The molecule has 4 nitrogen and oxygen atoms in total. The van der Waals surface area contributed by atoms with Gasteiger partial charge in [-0.25, -0.2) is 0 Å². The summed E-state index contributed by atoms with van der Waals surface area (Å²) in [6, 6.07) is -0.311. The standard InChI is InChI=1S/C7H17N3O.ClH/c1-5(3-4-8)10-7(11)6(2)9;/h5-6H,3-4,8-9H2,1-2H3,(H,10,11);1H/t5?,6-;/m1./s1. The normalized spacial score (nSPS) is 14.3. The van der Waals surface area contributed by atoms with Crippen LogP contribution in [0.25, 0.3) is 0 Å². The van der Waals surface area contributed by atoms with Crippen molar-refractivity contribution in [1.29, 1.82) is 0 Å². The number of hydrogen-bond donors (Lipinski definition) is 3. The summed E-state index contributed by atoms with van der Waals surface area (Å²) in [7, 11) is 0. The van der Waals surface area contributed by atoms with Crippen molar-refractivity contribution in [2.45, 2.75) is 32.4 Å². The third-order valence-electron chi connectivity index (χ3n) is 1.40. The van der Waals surface area contributed by atoms with Crippen molar-refractivity contribution >= 4 is 18.3 Å². The molecule has 2 atom stereocenters. The monoisotopic (exact) mass is 195 g/mol. The van der Waals surface area contributed by atoms with Crippen molar-refractivity contribution in [3.8, 4) is 0 Å². The van der Waals surface area contributed by atoms with Crippen LogP contribution in [0.1, 0.15) is 20.3 Å². The van der Waals surface area contributed by atoms with Crippen molar-refractivity contribution in [2.24, 2.45) is 11.5 Å². The van der Waals surface area contributed by atoms with Crippen LogP contribution in [-0.2, 0) is 4.79 Å². The number of carbonyl (C=O) groups excluding carboxylic acids is 1. The minimum absolute atomic E-state index is 0. The van der Waals surface area contributed by atoms with Crippen molar-refractivity contribution in [3.63, 3.8) is 0 Å². The maximum absolute atomic E-state index is 11.0. The van der Waals surface area contributed by atoms with E-state index in [0.29, 0.717) is 6.54 Å². The second kappa shape index (κ2) is 7.34. The predicted molar refractivity (Wildman–Crippen MR) is 52.2 cm³/mol. The number of carbonyl (C=O) groups is 1. The number of hydrogen-bond acceptors (Lipinski definition) is 3. The minimum atomic E-state index is -0.435. The van der Waals surface area contributed by atoms with Crippen molar-refractivity contribution in [3.05, 3.63) is 0 Å². The topological polar surface area (TPSA) is 81.1 Å². The van der Waals surface area contributed by atoms with Gasteiger partial charge in [-0.15, -0.1) is 12.4 Å². The second-order valence-corrected chi connectivity index (χ2v) is 2.78. The minimum Gasteiger partial charge on any atom is -0.352 e. The third-order valence-corrected chi connectivity index (χ3v) is 1.40. The highest BCUT2D eigenvalue weighted by molar-refractivity contribution is 5.85. The molecule has 0 saturated heterocycles. The van der Waals surface area contributed by atoms with Gasteiger partial charge in [0.2, 0.25) is 5.91 Å². The zero-order valence-electron chi connectivity index (χ0n) is 7.54. The van der Waals surface area contributed by atoms with Crippen molar-refractivity contribution in [2.75, 3.05) is 6.54 Å². The highest BCUT2D eigenvalue weighted by atomic mass is 35.5. The van der Waals surface area contributed by atoms with Gasteiger partial charge in [0.25, 0.3) is 0 Å². The van der Waals surface area contributed by atoms with Gasteiger partial charge in [-0.3, -0.25) is 4.79 Å². The summed E-state index contributed by atoms with van der Waals surface area (Å²) in [5.41, 5.74) is 10.6. The zero-order valence-corrected chi connectivity index (χ0v) is 8.36. The lowest BCUT2D eigenvalue weighted by Crippen LogP contribution is -2.43. The molecule has 0 aromatic carbocycles. The highest BCUT2D eigenvalue weighted by Gasteiger charge is 2.09. The first-order valence-electron chi connectivity index (χ1n) is 3.84. The van der Waals surface area contributed by atoms with Gasteiger partial charge in [0.05, 0.1) is 6.04 Å². The van der Waals surface area contributed by atoms with E-state index in [-0.39, 0.29) is 24.4 Å². The molecule has 0 radical (unpaired) electrons. The fourth-order valence-electron chi connectivity index (χ4n) is 0.696. The van der Waals surface area contributed by atoms with Gasteiger partial charge in [0.15, 0.2) is 0 Å². The van der Waals surface area contributed by atoms with Crippen LogP contribution in [0.4, 0.5) is 0 Å². The van der Waals surface area contributed by atoms with Crippen LogP contribution in [0.15, 0.2) is 0 Å². The molecule has 0 rings (SSSR count). The molecule has 0 heterocycles. The zero-order chi connectivity index (χ0) is 8.85. The average Bonchev–Trinajstić information content (AvgIpc) is 1.87. The summed E-state index contributed by atoms with van der Waals surface area (Å²) in [5.74, 6) is -0.119. The molecule has 0 aromatic heterocycles. The van der Waals surface area contributed by atoms with E-state index >= 15 is 0 Å². The van der Waals surface area contributed by atoms with Gasteiger partial charge < -0.3 is 16.8 Å². The Labute approximate surface area is 79.5 Å². The highest BCUT2D eigenvalue weighted by Crippen LogP contribution is 1.87. The quantitative estimate of drug-likeness (QED) is 0.572. The van der Waals surface area contributed by atoms with Gasteiger partial charge in [0.1, 0.15) is 0 Å². The Morgan fingerprint density at radius 3 is 2.33 bits per heavy atom. The Hall–Kier alpha value is -0.320. The predicted octanol–water partition coefficient (Wildman–Crippen LogP) is -0.391. The van der Waals surface area contributed by atoms with Crippen LogP contribution in [0.5, 0.6) is 0 Å². The molecule has 0 bridgehead atoms. The maximum Gasteiger partial charge on any atom is 0.236 e. The Balaban J connectivity index is 0. The van der Waals surface area contributed by atoms with Gasteiger partial charge in [-0.2, -0.15) is 0 Å². The van der Waals surface area contributed by atoms with E-state index in [4.69, 9.17) is 11.5 Å². The lowest BCUT2D eigenvalue weighted by molar-refractivity contribution is -0.122. The summed E-state index contributed by atoms with van der Waals surface area (Å²) >= 11 is 0. The van der Waals surface area contributed by atoms with E-state index in [1.807, 2.05) is 6.92 Å². The summed E-state index contributed by atoms with van der Waals surface area (Å²) in [6.45, 7) is 4.15. The largest absolute Gasteiger partial charge is 0.352 e. The third kappa shape index (κ3) is 6.39. The number of halogens is 1.